The number of furan rings is 1. The van der Waals surface area contributed by atoms with E-state index in [0.717, 1.165) is 5.76 Å². The minimum atomic E-state index is -0.495. The zero-order valence-corrected chi connectivity index (χ0v) is 11.7. The van der Waals surface area contributed by atoms with Crippen LogP contribution in [-0.4, -0.2) is 5.91 Å². The van der Waals surface area contributed by atoms with Gasteiger partial charge in [0.1, 0.15) is 17.3 Å². The molecule has 2 rings (SSSR count). The van der Waals surface area contributed by atoms with Crippen molar-refractivity contribution in [2.45, 2.75) is 6.92 Å². The number of halogens is 2. The summed E-state index contributed by atoms with van der Waals surface area (Å²) in [5.74, 6) is 0.420. The number of benzene rings is 1. The van der Waals surface area contributed by atoms with Crippen LogP contribution >= 0.6 is 15.9 Å². The maximum Gasteiger partial charge on any atom is 0.248 e. The van der Waals surface area contributed by atoms with E-state index in [4.69, 9.17) is 4.42 Å². The van der Waals surface area contributed by atoms with Crippen molar-refractivity contribution in [2.75, 3.05) is 5.32 Å². The number of rotatable bonds is 3. The first-order valence-electron chi connectivity index (χ1n) is 5.55. The Kier molecular flexibility index (Phi) is 4.16. The SMILES string of the molecule is Cc1ccc(/C=C/C(=O)Nc2ccc(Br)cc2F)o1. The smallest absolute Gasteiger partial charge is 0.248 e. The van der Waals surface area contributed by atoms with Crippen LogP contribution in [0.3, 0.4) is 0 Å². The van der Waals surface area contributed by atoms with Crippen molar-refractivity contribution in [1.29, 1.82) is 0 Å². The molecule has 1 aromatic carbocycles. The number of hydrogen-bond acceptors (Lipinski definition) is 2. The van der Waals surface area contributed by atoms with E-state index >= 15 is 0 Å². The summed E-state index contributed by atoms with van der Waals surface area (Å²) in [4.78, 5) is 11.6. The van der Waals surface area contributed by atoms with Crippen molar-refractivity contribution in [2.24, 2.45) is 0 Å². The Bertz CT molecular complexity index is 634. The van der Waals surface area contributed by atoms with Gasteiger partial charge in [-0.25, -0.2) is 4.39 Å². The van der Waals surface area contributed by atoms with Gasteiger partial charge in [-0.3, -0.25) is 4.79 Å². The molecule has 1 amide bonds. The third-order valence-corrected chi connectivity index (χ3v) is 2.84. The molecule has 19 heavy (non-hydrogen) atoms. The second kappa shape index (κ2) is 5.84. The quantitative estimate of drug-likeness (QED) is 0.862. The lowest BCUT2D eigenvalue weighted by molar-refractivity contribution is -0.111. The summed E-state index contributed by atoms with van der Waals surface area (Å²) >= 11 is 3.15. The highest BCUT2D eigenvalue weighted by Crippen LogP contribution is 2.19. The molecule has 0 radical (unpaired) electrons. The van der Waals surface area contributed by atoms with E-state index in [1.54, 1.807) is 18.2 Å². The highest BCUT2D eigenvalue weighted by molar-refractivity contribution is 9.10. The molecule has 0 fully saturated rings. The van der Waals surface area contributed by atoms with Crippen LogP contribution in [-0.2, 0) is 4.79 Å². The lowest BCUT2D eigenvalue weighted by Gasteiger charge is -2.03. The van der Waals surface area contributed by atoms with Crippen LogP contribution in [0.5, 0.6) is 0 Å². The lowest BCUT2D eigenvalue weighted by Crippen LogP contribution is -2.09. The van der Waals surface area contributed by atoms with Gasteiger partial charge < -0.3 is 9.73 Å². The molecule has 5 heteroatoms. The predicted molar refractivity (Wildman–Crippen MR) is 75.2 cm³/mol. The maximum absolute atomic E-state index is 13.5. The second-order valence-electron chi connectivity index (χ2n) is 3.90. The molecular formula is C14H11BrFNO2. The Morgan fingerprint density at radius 2 is 2.16 bits per heavy atom. The Labute approximate surface area is 118 Å². The van der Waals surface area contributed by atoms with Gasteiger partial charge in [0.15, 0.2) is 0 Å². The summed E-state index contributed by atoms with van der Waals surface area (Å²) in [7, 11) is 0. The van der Waals surface area contributed by atoms with Gasteiger partial charge >= 0.3 is 0 Å². The van der Waals surface area contributed by atoms with Gasteiger partial charge in [-0.05, 0) is 43.3 Å². The standard InChI is InChI=1S/C14H11BrFNO2/c1-9-2-4-11(19-9)5-7-14(18)17-13-6-3-10(15)8-12(13)16/h2-8H,1H3,(H,17,18)/b7-5+. The molecule has 3 nitrogen and oxygen atoms in total. The molecule has 2 aromatic rings. The summed E-state index contributed by atoms with van der Waals surface area (Å²) in [5.41, 5.74) is 0.133. The largest absolute Gasteiger partial charge is 0.462 e. The Balaban J connectivity index is 2.03. The van der Waals surface area contributed by atoms with Crippen LogP contribution in [0.25, 0.3) is 6.08 Å². The molecule has 0 unspecified atom stereocenters. The summed E-state index contributed by atoms with van der Waals surface area (Å²) in [6.45, 7) is 1.81. The van der Waals surface area contributed by atoms with Crippen molar-refractivity contribution in [3.63, 3.8) is 0 Å². The lowest BCUT2D eigenvalue weighted by atomic mass is 10.3. The number of aryl methyl sites for hydroxylation is 1. The second-order valence-corrected chi connectivity index (χ2v) is 4.81. The fraction of sp³-hybridized carbons (Fsp3) is 0.0714. The molecule has 0 aliphatic rings. The third kappa shape index (κ3) is 3.79. The monoisotopic (exact) mass is 323 g/mol. The third-order valence-electron chi connectivity index (χ3n) is 2.35. The topological polar surface area (TPSA) is 42.2 Å². The molecule has 1 N–H and O–H groups in total. The number of nitrogens with one attached hydrogen (secondary N) is 1. The average molecular weight is 324 g/mol. The molecule has 0 saturated heterocycles. The fourth-order valence-corrected chi connectivity index (χ4v) is 1.80. The zero-order valence-electron chi connectivity index (χ0n) is 10.1. The highest BCUT2D eigenvalue weighted by atomic mass is 79.9. The number of hydrogen-bond donors (Lipinski definition) is 1. The molecule has 0 aliphatic carbocycles. The van der Waals surface area contributed by atoms with Crippen LogP contribution in [0, 0.1) is 12.7 Å². The van der Waals surface area contributed by atoms with E-state index in [2.05, 4.69) is 21.2 Å². The molecule has 1 aromatic heterocycles. The van der Waals surface area contributed by atoms with Gasteiger partial charge in [-0.1, -0.05) is 15.9 Å². The number of anilines is 1. The average Bonchev–Trinajstić information content (AvgIpc) is 2.76. The van der Waals surface area contributed by atoms with Crippen molar-refractivity contribution >= 4 is 33.6 Å². The Morgan fingerprint density at radius 3 is 2.79 bits per heavy atom. The highest BCUT2D eigenvalue weighted by Gasteiger charge is 2.05. The zero-order chi connectivity index (χ0) is 13.8. The molecule has 1 heterocycles. The van der Waals surface area contributed by atoms with E-state index in [-0.39, 0.29) is 5.69 Å². The molecule has 0 spiro atoms. The van der Waals surface area contributed by atoms with Gasteiger partial charge in [0.2, 0.25) is 5.91 Å². The van der Waals surface area contributed by atoms with E-state index in [1.807, 2.05) is 6.92 Å². The maximum atomic E-state index is 13.5. The fourth-order valence-electron chi connectivity index (χ4n) is 1.47. The molecule has 98 valence electrons. The van der Waals surface area contributed by atoms with Gasteiger partial charge in [0, 0.05) is 10.5 Å². The van der Waals surface area contributed by atoms with Crippen molar-refractivity contribution in [1.82, 2.24) is 0 Å². The van der Waals surface area contributed by atoms with Crippen molar-refractivity contribution < 1.29 is 13.6 Å². The van der Waals surface area contributed by atoms with Crippen LogP contribution in [0.4, 0.5) is 10.1 Å². The minimum Gasteiger partial charge on any atom is -0.462 e. The van der Waals surface area contributed by atoms with Gasteiger partial charge in [0.05, 0.1) is 5.69 Å². The first-order valence-corrected chi connectivity index (χ1v) is 6.34. The molecule has 0 bridgehead atoms. The number of carbonyl (C=O) groups is 1. The normalized spacial score (nSPS) is 10.9. The number of amides is 1. The summed E-state index contributed by atoms with van der Waals surface area (Å²) in [6.07, 6.45) is 2.82. The van der Waals surface area contributed by atoms with E-state index in [0.29, 0.717) is 10.2 Å². The van der Waals surface area contributed by atoms with E-state index < -0.39 is 11.7 Å². The molecule has 0 saturated carbocycles. The first kappa shape index (κ1) is 13.5. The first-order chi connectivity index (χ1) is 9.04. The summed E-state index contributed by atoms with van der Waals surface area (Å²) in [6, 6.07) is 7.97. The Hall–Kier alpha value is -1.88. The van der Waals surface area contributed by atoms with Gasteiger partial charge in [-0.2, -0.15) is 0 Å². The van der Waals surface area contributed by atoms with Gasteiger partial charge in [0.25, 0.3) is 0 Å². The molecular weight excluding hydrogens is 313 g/mol. The molecule has 0 aliphatic heterocycles. The van der Waals surface area contributed by atoms with Crippen LogP contribution in [0.2, 0.25) is 0 Å². The molecule has 0 atom stereocenters. The predicted octanol–water partition coefficient (Wildman–Crippen LogP) is 4.14. The van der Waals surface area contributed by atoms with Crippen LogP contribution < -0.4 is 5.32 Å². The minimum absolute atomic E-state index is 0.133. The van der Waals surface area contributed by atoms with Gasteiger partial charge in [-0.15, -0.1) is 0 Å². The summed E-state index contributed by atoms with van der Waals surface area (Å²) < 4.78 is 19.4. The van der Waals surface area contributed by atoms with E-state index in [9.17, 15) is 9.18 Å². The number of carbonyl (C=O) groups excluding carboxylic acids is 1. The van der Waals surface area contributed by atoms with Crippen LogP contribution in [0.1, 0.15) is 11.5 Å². The Morgan fingerprint density at radius 1 is 1.37 bits per heavy atom. The summed E-state index contributed by atoms with van der Waals surface area (Å²) in [5, 5.41) is 2.45. The van der Waals surface area contributed by atoms with Crippen molar-refractivity contribution in [3.8, 4) is 0 Å². The van der Waals surface area contributed by atoms with Crippen LogP contribution in [0.15, 0.2) is 45.3 Å². The van der Waals surface area contributed by atoms with E-state index in [1.165, 1.54) is 24.3 Å². The van der Waals surface area contributed by atoms with Crippen molar-refractivity contribution in [3.05, 3.63) is 58.2 Å².